The van der Waals surface area contributed by atoms with Gasteiger partial charge in [0.25, 0.3) is 0 Å². The summed E-state index contributed by atoms with van der Waals surface area (Å²) in [6.45, 7) is 5.82. The van der Waals surface area contributed by atoms with E-state index in [1.807, 2.05) is 37.3 Å². The first-order chi connectivity index (χ1) is 15.2. The lowest BCUT2D eigenvalue weighted by Gasteiger charge is -2.37. The maximum absolute atomic E-state index is 14.1. The summed E-state index contributed by atoms with van der Waals surface area (Å²) >= 11 is 1.69. The van der Waals surface area contributed by atoms with E-state index >= 15 is 0 Å². The van der Waals surface area contributed by atoms with Gasteiger partial charge in [-0.15, -0.1) is 11.8 Å². The largest absolute Gasteiger partial charge is 0.493 e. The van der Waals surface area contributed by atoms with Gasteiger partial charge in [0, 0.05) is 19.6 Å². The molecular formula is C26H28FNO2S. The molecule has 3 nitrogen and oxygen atoms in total. The molecule has 0 amide bonds. The Morgan fingerprint density at radius 3 is 2.68 bits per heavy atom. The average Bonchev–Trinajstić information content (AvgIpc) is 2.79. The summed E-state index contributed by atoms with van der Waals surface area (Å²) in [5.41, 5.74) is 2.22. The molecule has 1 aliphatic heterocycles. The van der Waals surface area contributed by atoms with E-state index in [4.69, 9.17) is 9.47 Å². The number of morpholine rings is 1. The number of hydrogen-bond donors (Lipinski definition) is 0. The number of hydrogen-bond acceptors (Lipinski definition) is 4. The third kappa shape index (κ3) is 5.88. The van der Waals surface area contributed by atoms with Gasteiger partial charge in [-0.2, -0.15) is 0 Å². The van der Waals surface area contributed by atoms with Crippen LogP contribution in [0.25, 0.3) is 0 Å². The van der Waals surface area contributed by atoms with Crippen LogP contribution in [0.15, 0.2) is 83.8 Å². The molecule has 0 saturated carbocycles. The maximum Gasteiger partial charge on any atom is 0.132 e. The summed E-state index contributed by atoms with van der Waals surface area (Å²) in [7, 11) is 0. The molecule has 4 rings (SSSR count). The third-order valence-electron chi connectivity index (χ3n) is 5.34. The molecule has 31 heavy (non-hydrogen) atoms. The fourth-order valence-electron chi connectivity index (χ4n) is 3.90. The summed E-state index contributed by atoms with van der Waals surface area (Å²) in [6, 6.07) is 25.4. The van der Waals surface area contributed by atoms with Crippen molar-refractivity contribution in [2.45, 2.75) is 29.7 Å². The first-order valence-corrected chi connectivity index (χ1v) is 11.6. The minimum Gasteiger partial charge on any atom is -0.493 e. The van der Waals surface area contributed by atoms with Crippen LogP contribution >= 0.6 is 11.8 Å². The fraction of sp³-hybridized carbons (Fsp3) is 0.308. The molecule has 1 fully saturated rings. The Hall–Kier alpha value is -2.34. The molecule has 1 aliphatic rings. The van der Waals surface area contributed by atoms with Gasteiger partial charge in [0.05, 0.1) is 29.5 Å². The van der Waals surface area contributed by atoms with Crippen LogP contribution in [0.5, 0.6) is 5.75 Å². The van der Waals surface area contributed by atoms with Crippen molar-refractivity contribution >= 4 is 11.8 Å². The minimum atomic E-state index is -0.224. The highest BCUT2D eigenvalue weighted by Crippen LogP contribution is 2.43. The number of halogens is 1. The molecule has 0 radical (unpaired) electrons. The standard InChI is InChI=1S/C26H28FNO2S/c1-2-29-23-13-6-7-14-25(23)31-26(21-11-8-12-22(27)17-21)24-19-28(15-16-30-24)18-20-9-4-3-5-10-20/h3-14,17,24,26H,2,15-16,18-19H2,1H3/t24?,26-/m1/s1. The van der Waals surface area contributed by atoms with Crippen LogP contribution in [0.1, 0.15) is 23.3 Å². The third-order valence-corrected chi connectivity index (χ3v) is 6.77. The van der Waals surface area contributed by atoms with Gasteiger partial charge >= 0.3 is 0 Å². The summed E-state index contributed by atoms with van der Waals surface area (Å²) in [5.74, 6) is 0.631. The molecule has 0 spiro atoms. The summed E-state index contributed by atoms with van der Waals surface area (Å²) in [6.07, 6.45) is -0.0565. The topological polar surface area (TPSA) is 21.7 Å². The molecule has 162 valence electrons. The van der Waals surface area contributed by atoms with Crippen molar-refractivity contribution in [2.75, 3.05) is 26.3 Å². The Labute approximate surface area is 188 Å². The van der Waals surface area contributed by atoms with E-state index in [9.17, 15) is 4.39 Å². The van der Waals surface area contributed by atoms with E-state index in [2.05, 4.69) is 35.2 Å². The second-order valence-corrected chi connectivity index (χ2v) is 8.79. The molecule has 1 saturated heterocycles. The second kappa shape index (κ2) is 10.8. The average molecular weight is 438 g/mol. The van der Waals surface area contributed by atoms with Crippen LogP contribution in [0.2, 0.25) is 0 Å². The first kappa shape index (κ1) is 21.9. The van der Waals surface area contributed by atoms with E-state index in [1.54, 1.807) is 23.9 Å². The highest BCUT2D eigenvalue weighted by atomic mass is 32.2. The first-order valence-electron chi connectivity index (χ1n) is 10.7. The maximum atomic E-state index is 14.1. The van der Waals surface area contributed by atoms with E-state index in [-0.39, 0.29) is 17.2 Å². The van der Waals surface area contributed by atoms with Gasteiger partial charge in [-0.25, -0.2) is 4.39 Å². The van der Waals surface area contributed by atoms with E-state index in [1.165, 1.54) is 11.6 Å². The van der Waals surface area contributed by atoms with Crippen molar-refractivity contribution in [2.24, 2.45) is 0 Å². The molecule has 0 bridgehead atoms. The van der Waals surface area contributed by atoms with Crippen molar-refractivity contribution in [3.8, 4) is 5.75 Å². The molecule has 5 heteroatoms. The van der Waals surface area contributed by atoms with E-state index in [0.29, 0.717) is 13.2 Å². The lowest BCUT2D eigenvalue weighted by molar-refractivity contribution is -0.0320. The fourth-order valence-corrected chi connectivity index (χ4v) is 5.17. The predicted molar refractivity (Wildman–Crippen MR) is 124 cm³/mol. The van der Waals surface area contributed by atoms with Crippen molar-refractivity contribution in [3.05, 3.63) is 95.8 Å². The highest BCUT2D eigenvalue weighted by molar-refractivity contribution is 7.99. The molecule has 1 heterocycles. The Bertz CT molecular complexity index is 968. The van der Waals surface area contributed by atoms with Crippen LogP contribution in [-0.2, 0) is 11.3 Å². The number of nitrogens with zero attached hydrogens (tertiary/aromatic N) is 1. The second-order valence-electron chi connectivity index (χ2n) is 7.60. The zero-order valence-electron chi connectivity index (χ0n) is 17.7. The van der Waals surface area contributed by atoms with Crippen LogP contribution in [0.3, 0.4) is 0 Å². The van der Waals surface area contributed by atoms with Crippen molar-refractivity contribution in [1.29, 1.82) is 0 Å². The number of benzene rings is 3. The Balaban J connectivity index is 1.58. The van der Waals surface area contributed by atoms with Gasteiger partial charge in [-0.05, 0) is 42.3 Å². The quantitative estimate of drug-likeness (QED) is 0.406. The molecule has 0 N–H and O–H groups in total. The molecule has 1 unspecified atom stereocenters. The van der Waals surface area contributed by atoms with E-state index < -0.39 is 0 Å². The van der Waals surface area contributed by atoms with Crippen molar-refractivity contribution in [3.63, 3.8) is 0 Å². The lowest BCUT2D eigenvalue weighted by atomic mass is 10.1. The predicted octanol–water partition coefficient (Wildman–Crippen LogP) is 5.96. The zero-order valence-corrected chi connectivity index (χ0v) is 18.6. The summed E-state index contributed by atoms with van der Waals surface area (Å²) in [4.78, 5) is 3.47. The normalized spacial score (nSPS) is 17.9. The Morgan fingerprint density at radius 2 is 1.87 bits per heavy atom. The SMILES string of the molecule is CCOc1ccccc1S[C@H](c1cccc(F)c1)C1CN(Cc2ccccc2)CCO1. The number of thioether (sulfide) groups is 1. The molecule has 3 aromatic rings. The molecule has 0 aliphatic carbocycles. The van der Waals surface area contributed by atoms with Crippen LogP contribution < -0.4 is 4.74 Å². The summed E-state index contributed by atoms with van der Waals surface area (Å²) in [5, 5.41) is -0.0455. The number of ether oxygens (including phenoxy) is 2. The van der Waals surface area contributed by atoms with Crippen LogP contribution in [-0.4, -0.2) is 37.3 Å². The van der Waals surface area contributed by atoms with E-state index in [0.717, 1.165) is 35.8 Å². The van der Waals surface area contributed by atoms with Crippen molar-refractivity contribution < 1.29 is 13.9 Å². The summed E-state index contributed by atoms with van der Waals surface area (Å²) < 4.78 is 26.2. The smallest absolute Gasteiger partial charge is 0.132 e. The lowest BCUT2D eigenvalue weighted by Crippen LogP contribution is -2.44. The van der Waals surface area contributed by atoms with Gasteiger partial charge in [0.15, 0.2) is 0 Å². The molecule has 3 aromatic carbocycles. The molecular weight excluding hydrogens is 409 g/mol. The van der Waals surface area contributed by atoms with Gasteiger partial charge in [0.1, 0.15) is 11.6 Å². The van der Waals surface area contributed by atoms with Gasteiger partial charge in [-0.1, -0.05) is 54.6 Å². The monoisotopic (exact) mass is 437 g/mol. The van der Waals surface area contributed by atoms with Gasteiger partial charge in [-0.3, -0.25) is 4.90 Å². The molecule has 0 aromatic heterocycles. The number of rotatable bonds is 8. The Morgan fingerprint density at radius 1 is 1.06 bits per heavy atom. The minimum absolute atomic E-state index is 0.0455. The Kier molecular flexibility index (Phi) is 7.62. The number of para-hydroxylation sites is 1. The van der Waals surface area contributed by atoms with Gasteiger partial charge in [0.2, 0.25) is 0 Å². The van der Waals surface area contributed by atoms with Crippen molar-refractivity contribution in [1.82, 2.24) is 4.90 Å². The highest BCUT2D eigenvalue weighted by Gasteiger charge is 2.31. The van der Waals surface area contributed by atoms with Crippen LogP contribution in [0, 0.1) is 5.82 Å². The molecule has 2 atom stereocenters. The van der Waals surface area contributed by atoms with Crippen LogP contribution in [0.4, 0.5) is 4.39 Å². The van der Waals surface area contributed by atoms with Gasteiger partial charge < -0.3 is 9.47 Å². The zero-order chi connectivity index (χ0) is 21.5.